The molecule has 2 N–H and O–H groups in total. The lowest BCUT2D eigenvalue weighted by Gasteiger charge is -2.20. The lowest BCUT2D eigenvalue weighted by atomic mass is 9.96. The van der Waals surface area contributed by atoms with Crippen LogP contribution < -0.4 is 10.6 Å². The van der Waals surface area contributed by atoms with Crippen molar-refractivity contribution in [2.24, 2.45) is 5.92 Å². The predicted octanol–water partition coefficient (Wildman–Crippen LogP) is 7.92. The van der Waals surface area contributed by atoms with E-state index in [4.69, 9.17) is 0 Å². The van der Waals surface area contributed by atoms with Gasteiger partial charge in [0.05, 0.1) is 7.11 Å². The third kappa shape index (κ3) is 20.4. The maximum atomic E-state index is 11.9. The summed E-state index contributed by atoms with van der Waals surface area (Å²) < 4.78 is 28.4. The molecular weight excluding hydrogens is 458 g/mol. The van der Waals surface area contributed by atoms with Crippen molar-refractivity contribution in [2.45, 2.75) is 53.9 Å². The molecule has 1 fully saturated rings. The quantitative estimate of drug-likeness (QED) is 0.293. The van der Waals surface area contributed by atoms with Gasteiger partial charge in [0, 0.05) is 19.2 Å². The van der Waals surface area contributed by atoms with Gasteiger partial charge in [-0.25, -0.2) is 13.6 Å². The highest BCUT2D eigenvalue weighted by molar-refractivity contribution is 5.66. The lowest BCUT2D eigenvalue weighted by Crippen LogP contribution is -2.28. The summed E-state index contributed by atoms with van der Waals surface area (Å²) in [6.45, 7) is 20.1. The minimum Gasteiger partial charge on any atom is -0.453 e. The first-order chi connectivity index (χ1) is 17.2. The van der Waals surface area contributed by atoms with E-state index in [1.807, 2.05) is 26.8 Å². The van der Waals surface area contributed by atoms with E-state index in [0.717, 1.165) is 31.1 Å². The standard InChI is InChI=1S/C19H30N2O2.C6H4F2.C3H6.C2H6/c1-5-17(11-15(2)8-10-21-19(22)23-4)12-16(3)13-18-7-6-9-20-14-18;7-5-2-1-3-6(8)4-5;1-3-2;1-2/h5,11-13,18,20H,1,6-10,14H2,2-4H3,(H,21,22);1-4H;3H,1H2,2H3;1-2H3/b15-11-,16-13+,17-12+;;;/t18-;;;/m0.../s1. The Morgan fingerprint density at radius 2 is 1.81 bits per heavy atom. The number of carbonyl (C=O) groups excluding carboxylic acids is 1. The van der Waals surface area contributed by atoms with E-state index in [-0.39, 0.29) is 0 Å². The molecule has 202 valence electrons. The number of methoxy groups -OCH3 is 1. The molecule has 1 atom stereocenters. The van der Waals surface area contributed by atoms with Crippen LogP contribution in [-0.4, -0.2) is 32.8 Å². The summed E-state index contributed by atoms with van der Waals surface area (Å²) >= 11 is 0. The first-order valence-electron chi connectivity index (χ1n) is 12.5. The molecule has 1 amide bonds. The van der Waals surface area contributed by atoms with Crippen LogP contribution in [0.15, 0.2) is 84.5 Å². The van der Waals surface area contributed by atoms with Gasteiger partial charge in [0.15, 0.2) is 0 Å². The van der Waals surface area contributed by atoms with Crippen LogP contribution >= 0.6 is 0 Å². The predicted molar refractivity (Wildman–Crippen MR) is 150 cm³/mol. The minimum atomic E-state index is -0.537. The van der Waals surface area contributed by atoms with Gasteiger partial charge in [-0.2, -0.15) is 0 Å². The topological polar surface area (TPSA) is 50.4 Å². The van der Waals surface area contributed by atoms with Crippen molar-refractivity contribution < 1.29 is 18.3 Å². The van der Waals surface area contributed by atoms with Crippen LogP contribution in [0.5, 0.6) is 0 Å². The molecule has 0 saturated carbocycles. The average Bonchev–Trinajstić information content (AvgIpc) is 2.86. The molecule has 6 heteroatoms. The van der Waals surface area contributed by atoms with E-state index in [2.05, 4.69) is 60.6 Å². The van der Waals surface area contributed by atoms with E-state index in [0.29, 0.717) is 12.5 Å². The Balaban J connectivity index is 0. The minimum absolute atomic E-state index is 0.392. The fourth-order valence-corrected chi connectivity index (χ4v) is 3.11. The highest BCUT2D eigenvalue weighted by Gasteiger charge is 2.09. The average molecular weight is 505 g/mol. The van der Waals surface area contributed by atoms with Crippen LogP contribution in [-0.2, 0) is 4.74 Å². The normalized spacial score (nSPS) is 15.4. The summed E-state index contributed by atoms with van der Waals surface area (Å²) in [7, 11) is 1.37. The Labute approximate surface area is 217 Å². The van der Waals surface area contributed by atoms with Crippen molar-refractivity contribution in [3.63, 3.8) is 0 Å². The number of carbonyl (C=O) groups is 1. The van der Waals surface area contributed by atoms with Crippen molar-refractivity contribution in [1.29, 1.82) is 0 Å². The number of rotatable bonds is 7. The molecule has 0 radical (unpaired) electrons. The second-order valence-electron chi connectivity index (χ2n) is 7.87. The van der Waals surface area contributed by atoms with Gasteiger partial charge < -0.3 is 15.4 Å². The van der Waals surface area contributed by atoms with E-state index < -0.39 is 17.7 Å². The second-order valence-corrected chi connectivity index (χ2v) is 7.87. The summed E-state index contributed by atoms with van der Waals surface area (Å²) in [4.78, 5) is 11.0. The van der Waals surface area contributed by atoms with Crippen molar-refractivity contribution in [2.75, 3.05) is 26.7 Å². The van der Waals surface area contributed by atoms with Gasteiger partial charge in [-0.05, 0) is 70.2 Å². The number of allylic oxidation sites excluding steroid dienone is 6. The molecule has 0 unspecified atom stereocenters. The number of hydrogen-bond donors (Lipinski definition) is 2. The zero-order valence-corrected chi connectivity index (χ0v) is 23.0. The van der Waals surface area contributed by atoms with E-state index in [9.17, 15) is 13.6 Å². The molecular formula is C30H46F2N2O2. The smallest absolute Gasteiger partial charge is 0.406 e. The molecule has 36 heavy (non-hydrogen) atoms. The molecule has 0 spiro atoms. The Morgan fingerprint density at radius 1 is 1.19 bits per heavy atom. The fourth-order valence-electron chi connectivity index (χ4n) is 3.11. The number of ether oxygens (including phenoxy) is 1. The summed E-state index contributed by atoms with van der Waals surface area (Å²) in [5.41, 5.74) is 3.56. The molecule has 1 aliphatic rings. The molecule has 1 saturated heterocycles. The molecule has 1 heterocycles. The molecule has 1 aliphatic heterocycles. The number of amides is 1. The van der Waals surface area contributed by atoms with Crippen LogP contribution in [0.3, 0.4) is 0 Å². The molecule has 0 aromatic heterocycles. The maximum absolute atomic E-state index is 11.9. The van der Waals surface area contributed by atoms with Crippen molar-refractivity contribution in [3.05, 3.63) is 96.2 Å². The van der Waals surface area contributed by atoms with Crippen molar-refractivity contribution in [1.82, 2.24) is 10.6 Å². The fraction of sp³-hybridized carbons (Fsp3) is 0.433. The van der Waals surface area contributed by atoms with E-state index in [1.54, 1.807) is 6.08 Å². The van der Waals surface area contributed by atoms with Crippen LogP contribution in [0, 0.1) is 17.6 Å². The van der Waals surface area contributed by atoms with Gasteiger partial charge in [0.1, 0.15) is 11.6 Å². The lowest BCUT2D eigenvalue weighted by molar-refractivity contribution is 0.171. The number of alkyl carbamates (subject to hydrolysis) is 1. The van der Waals surface area contributed by atoms with Gasteiger partial charge in [0.2, 0.25) is 0 Å². The summed E-state index contributed by atoms with van der Waals surface area (Å²) in [6.07, 6.45) is 13.1. The Kier molecular flexibility index (Phi) is 23.2. The third-order valence-electron chi connectivity index (χ3n) is 4.64. The van der Waals surface area contributed by atoms with Crippen molar-refractivity contribution in [3.8, 4) is 0 Å². The zero-order valence-electron chi connectivity index (χ0n) is 23.0. The molecule has 2 rings (SSSR count). The molecule has 4 nitrogen and oxygen atoms in total. The number of piperidine rings is 1. The maximum Gasteiger partial charge on any atom is 0.406 e. The first kappa shape index (κ1) is 35.2. The van der Waals surface area contributed by atoms with Gasteiger partial charge in [-0.15, -0.1) is 6.58 Å². The first-order valence-corrected chi connectivity index (χ1v) is 12.5. The van der Waals surface area contributed by atoms with Gasteiger partial charge in [0.25, 0.3) is 0 Å². The van der Waals surface area contributed by atoms with E-state index >= 15 is 0 Å². The third-order valence-corrected chi connectivity index (χ3v) is 4.64. The summed E-state index contributed by atoms with van der Waals surface area (Å²) in [5, 5.41) is 6.12. The molecule has 0 bridgehead atoms. The highest BCUT2D eigenvalue weighted by Crippen LogP contribution is 2.16. The second kappa shape index (κ2) is 23.7. The largest absolute Gasteiger partial charge is 0.453 e. The zero-order chi connectivity index (χ0) is 27.8. The van der Waals surface area contributed by atoms with Gasteiger partial charge in [-0.1, -0.05) is 68.0 Å². The summed E-state index contributed by atoms with van der Waals surface area (Å²) in [6, 6.07) is 4.55. The SMILES string of the molecule is C=CC.C=CC(/C=C(/C)CCNC(=O)OC)=C\C(C)=C\[C@@H]1CCCNC1.CC.Fc1cccc(F)c1. The summed E-state index contributed by atoms with van der Waals surface area (Å²) in [5.74, 6) is -0.449. The molecule has 0 aliphatic carbocycles. The van der Waals surface area contributed by atoms with E-state index in [1.165, 1.54) is 49.3 Å². The van der Waals surface area contributed by atoms with Crippen LogP contribution in [0.25, 0.3) is 0 Å². The van der Waals surface area contributed by atoms with Gasteiger partial charge >= 0.3 is 6.09 Å². The number of halogens is 2. The molecule has 1 aromatic carbocycles. The van der Waals surface area contributed by atoms with Crippen LogP contribution in [0.2, 0.25) is 0 Å². The number of nitrogens with one attached hydrogen (secondary N) is 2. The Bertz CT molecular complexity index is 822. The van der Waals surface area contributed by atoms with Crippen LogP contribution in [0.4, 0.5) is 13.6 Å². The number of hydrogen-bond acceptors (Lipinski definition) is 3. The Hall–Kier alpha value is -2.99. The molecule has 1 aromatic rings. The Morgan fingerprint density at radius 3 is 2.25 bits per heavy atom. The monoisotopic (exact) mass is 504 g/mol. The van der Waals surface area contributed by atoms with Crippen molar-refractivity contribution >= 4 is 6.09 Å². The highest BCUT2D eigenvalue weighted by atomic mass is 19.1. The van der Waals surface area contributed by atoms with Crippen LogP contribution in [0.1, 0.15) is 53.9 Å². The van der Waals surface area contributed by atoms with Gasteiger partial charge in [-0.3, -0.25) is 0 Å². The number of benzene rings is 1.